The Morgan fingerprint density at radius 3 is 2.81 bits per heavy atom. The Morgan fingerprint density at radius 1 is 1.31 bits per heavy atom. The molecule has 0 aliphatic heterocycles. The van der Waals surface area contributed by atoms with Crippen LogP contribution in [0.3, 0.4) is 0 Å². The first-order chi connectivity index (χ1) is 7.77. The lowest BCUT2D eigenvalue weighted by Crippen LogP contribution is -2.09. The Balaban J connectivity index is 2.36. The van der Waals surface area contributed by atoms with Crippen LogP contribution in [0.5, 0.6) is 5.75 Å². The Bertz CT molecular complexity index is 318. The third-order valence-electron chi connectivity index (χ3n) is 2.08. The molecule has 1 aromatic rings. The Morgan fingerprint density at radius 2 is 2.12 bits per heavy atom. The van der Waals surface area contributed by atoms with Gasteiger partial charge in [-0.3, -0.25) is 0 Å². The van der Waals surface area contributed by atoms with E-state index in [4.69, 9.17) is 9.47 Å². The highest BCUT2D eigenvalue weighted by molar-refractivity contribution is 5.48. The minimum atomic E-state index is -0.352. The second kappa shape index (κ2) is 7.06. The lowest BCUT2D eigenvalue weighted by Gasteiger charge is -2.08. The number of rotatable bonds is 7. The fourth-order valence-corrected chi connectivity index (χ4v) is 1.28. The summed E-state index contributed by atoms with van der Waals surface area (Å²) in [6.07, 6.45) is 1.02. The van der Waals surface area contributed by atoms with Gasteiger partial charge in [-0.05, 0) is 18.6 Å². The number of benzene rings is 1. The molecule has 0 aliphatic carbocycles. The van der Waals surface area contributed by atoms with Crippen molar-refractivity contribution < 1.29 is 13.9 Å². The highest BCUT2D eigenvalue weighted by atomic mass is 19.1. The van der Waals surface area contributed by atoms with Gasteiger partial charge in [0.05, 0.1) is 13.7 Å². The summed E-state index contributed by atoms with van der Waals surface area (Å²) in [6.45, 7) is 4.19. The summed E-state index contributed by atoms with van der Waals surface area (Å²) >= 11 is 0. The number of ether oxygens (including phenoxy) is 2. The van der Waals surface area contributed by atoms with Gasteiger partial charge in [0.15, 0.2) is 11.6 Å². The summed E-state index contributed by atoms with van der Waals surface area (Å²) in [6, 6.07) is 4.70. The molecule has 0 aliphatic rings. The molecule has 0 aromatic heterocycles. The summed E-state index contributed by atoms with van der Waals surface area (Å²) in [7, 11) is 1.45. The van der Waals surface area contributed by atoms with Crippen molar-refractivity contribution in [2.24, 2.45) is 0 Å². The standard InChI is InChI=1S/C12H18FNO2/c1-3-7-16-8-6-14-10-4-5-11(13)12(9-10)15-2/h4-5,9,14H,3,6-8H2,1-2H3. The maximum atomic E-state index is 13.1. The number of halogens is 1. The van der Waals surface area contributed by atoms with Crippen molar-refractivity contribution in [1.29, 1.82) is 0 Å². The minimum absolute atomic E-state index is 0.250. The summed E-state index contributed by atoms with van der Waals surface area (Å²) in [5, 5.41) is 3.13. The first kappa shape index (κ1) is 12.8. The molecule has 3 nitrogen and oxygen atoms in total. The van der Waals surface area contributed by atoms with E-state index in [1.807, 2.05) is 0 Å². The number of hydrogen-bond acceptors (Lipinski definition) is 3. The SMILES string of the molecule is CCCOCCNc1ccc(F)c(OC)c1. The van der Waals surface area contributed by atoms with E-state index in [1.54, 1.807) is 12.1 Å². The number of hydrogen-bond donors (Lipinski definition) is 1. The van der Waals surface area contributed by atoms with Crippen LogP contribution in [0.25, 0.3) is 0 Å². The lowest BCUT2D eigenvalue weighted by molar-refractivity contribution is 0.144. The maximum Gasteiger partial charge on any atom is 0.165 e. The Kier molecular flexibility index (Phi) is 5.64. The van der Waals surface area contributed by atoms with Crippen molar-refractivity contribution in [3.8, 4) is 5.75 Å². The molecule has 1 rings (SSSR count). The van der Waals surface area contributed by atoms with Crippen LogP contribution in [0, 0.1) is 5.82 Å². The van der Waals surface area contributed by atoms with Crippen molar-refractivity contribution in [3.05, 3.63) is 24.0 Å². The molecule has 0 bridgehead atoms. The average molecular weight is 227 g/mol. The second-order valence-corrected chi connectivity index (χ2v) is 3.39. The Labute approximate surface area is 95.6 Å². The molecule has 0 fully saturated rings. The van der Waals surface area contributed by atoms with E-state index in [0.717, 1.165) is 18.7 Å². The van der Waals surface area contributed by atoms with Crippen molar-refractivity contribution >= 4 is 5.69 Å². The minimum Gasteiger partial charge on any atom is -0.494 e. The molecule has 0 radical (unpaired) electrons. The molecule has 1 N–H and O–H groups in total. The smallest absolute Gasteiger partial charge is 0.165 e. The molecule has 16 heavy (non-hydrogen) atoms. The number of nitrogens with one attached hydrogen (secondary N) is 1. The van der Waals surface area contributed by atoms with Crippen LogP contribution < -0.4 is 10.1 Å². The highest BCUT2D eigenvalue weighted by Gasteiger charge is 2.02. The van der Waals surface area contributed by atoms with Gasteiger partial charge in [0, 0.05) is 24.9 Å². The summed E-state index contributed by atoms with van der Waals surface area (Å²) in [4.78, 5) is 0. The van der Waals surface area contributed by atoms with Crippen molar-refractivity contribution in [1.82, 2.24) is 0 Å². The van der Waals surface area contributed by atoms with Crippen LogP contribution in [0.1, 0.15) is 13.3 Å². The van der Waals surface area contributed by atoms with E-state index < -0.39 is 0 Å². The van der Waals surface area contributed by atoms with Gasteiger partial charge in [0.25, 0.3) is 0 Å². The van der Waals surface area contributed by atoms with Crippen LogP contribution in [-0.4, -0.2) is 26.9 Å². The van der Waals surface area contributed by atoms with E-state index in [1.165, 1.54) is 13.2 Å². The van der Waals surface area contributed by atoms with Crippen molar-refractivity contribution in [2.75, 3.05) is 32.2 Å². The van der Waals surface area contributed by atoms with Gasteiger partial charge in [0.1, 0.15) is 0 Å². The Hall–Kier alpha value is -1.29. The monoisotopic (exact) mass is 227 g/mol. The fourth-order valence-electron chi connectivity index (χ4n) is 1.28. The zero-order valence-electron chi connectivity index (χ0n) is 9.75. The molecule has 0 amide bonds. The molecule has 1 aromatic carbocycles. The molecule has 0 saturated heterocycles. The summed E-state index contributed by atoms with van der Waals surface area (Å²) in [5.74, 6) is -0.102. The number of methoxy groups -OCH3 is 1. The van der Waals surface area contributed by atoms with Gasteiger partial charge in [-0.15, -0.1) is 0 Å². The van der Waals surface area contributed by atoms with Crippen LogP contribution in [0.4, 0.5) is 10.1 Å². The molecule has 0 saturated carbocycles. The van der Waals surface area contributed by atoms with E-state index in [-0.39, 0.29) is 11.6 Å². The summed E-state index contributed by atoms with van der Waals surface area (Å²) < 4.78 is 23.3. The van der Waals surface area contributed by atoms with E-state index in [2.05, 4.69) is 12.2 Å². The first-order valence-corrected chi connectivity index (χ1v) is 5.43. The predicted octanol–water partition coefficient (Wildman–Crippen LogP) is 2.67. The van der Waals surface area contributed by atoms with Gasteiger partial charge >= 0.3 is 0 Å². The highest BCUT2D eigenvalue weighted by Crippen LogP contribution is 2.21. The normalized spacial score (nSPS) is 10.2. The molecule has 90 valence electrons. The molecule has 4 heteroatoms. The summed E-state index contributed by atoms with van der Waals surface area (Å²) in [5.41, 5.74) is 0.832. The zero-order valence-corrected chi connectivity index (χ0v) is 9.75. The maximum absolute atomic E-state index is 13.1. The van der Waals surface area contributed by atoms with Crippen molar-refractivity contribution in [2.45, 2.75) is 13.3 Å². The molecular formula is C12H18FNO2. The van der Waals surface area contributed by atoms with E-state index in [0.29, 0.717) is 13.2 Å². The number of anilines is 1. The largest absolute Gasteiger partial charge is 0.494 e. The molecule has 0 atom stereocenters. The van der Waals surface area contributed by atoms with Crippen LogP contribution >= 0.6 is 0 Å². The lowest BCUT2D eigenvalue weighted by atomic mass is 10.3. The molecule has 0 unspecified atom stereocenters. The van der Waals surface area contributed by atoms with Crippen LogP contribution in [0.15, 0.2) is 18.2 Å². The third-order valence-corrected chi connectivity index (χ3v) is 2.08. The first-order valence-electron chi connectivity index (χ1n) is 5.43. The molecule has 0 spiro atoms. The predicted molar refractivity (Wildman–Crippen MR) is 62.6 cm³/mol. The van der Waals surface area contributed by atoms with Crippen molar-refractivity contribution in [3.63, 3.8) is 0 Å². The van der Waals surface area contributed by atoms with E-state index in [9.17, 15) is 4.39 Å². The average Bonchev–Trinajstić information content (AvgIpc) is 2.31. The van der Waals surface area contributed by atoms with Crippen LogP contribution in [-0.2, 0) is 4.74 Å². The van der Waals surface area contributed by atoms with Gasteiger partial charge in [-0.2, -0.15) is 0 Å². The third kappa shape index (κ3) is 4.06. The van der Waals surface area contributed by atoms with Gasteiger partial charge < -0.3 is 14.8 Å². The van der Waals surface area contributed by atoms with Gasteiger partial charge in [-0.25, -0.2) is 4.39 Å². The zero-order chi connectivity index (χ0) is 11.8. The molecular weight excluding hydrogens is 209 g/mol. The topological polar surface area (TPSA) is 30.5 Å². The molecule has 0 heterocycles. The quantitative estimate of drug-likeness (QED) is 0.726. The van der Waals surface area contributed by atoms with Gasteiger partial charge in [-0.1, -0.05) is 6.92 Å². The van der Waals surface area contributed by atoms with Crippen LogP contribution in [0.2, 0.25) is 0 Å². The van der Waals surface area contributed by atoms with E-state index >= 15 is 0 Å². The second-order valence-electron chi connectivity index (χ2n) is 3.39. The fraction of sp³-hybridized carbons (Fsp3) is 0.500. The van der Waals surface area contributed by atoms with Gasteiger partial charge in [0.2, 0.25) is 0 Å².